The fourth-order valence-electron chi connectivity index (χ4n) is 2.03. The Labute approximate surface area is 106 Å². The summed E-state index contributed by atoms with van der Waals surface area (Å²) in [6, 6.07) is 0.118. The highest BCUT2D eigenvalue weighted by molar-refractivity contribution is 5.74. The summed E-state index contributed by atoms with van der Waals surface area (Å²) in [6.45, 7) is 13.7. The van der Waals surface area contributed by atoms with E-state index in [0.29, 0.717) is 11.8 Å². The lowest BCUT2D eigenvalue weighted by Crippen LogP contribution is -2.46. The Bertz CT molecular complexity index is 257. The van der Waals surface area contributed by atoms with Crippen molar-refractivity contribution in [3.8, 4) is 0 Å². The molecule has 1 saturated heterocycles. The molecule has 0 saturated carbocycles. The predicted molar refractivity (Wildman–Crippen MR) is 72.0 cm³/mol. The van der Waals surface area contributed by atoms with E-state index in [-0.39, 0.29) is 11.4 Å². The zero-order valence-electron chi connectivity index (χ0n) is 12.0. The molecule has 17 heavy (non-hydrogen) atoms. The van der Waals surface area contributed by atoms with Crippen molar-refractivity contribution in [2.75, 3.05) is 19.6 Å². The number of amides is 2. The van der Waals surface area contributed by atoms with Crippen LogP contribution in [-0.2, 0) is 0 Å². The highest BCUT2D eigenvalue weighted by Gasteiger charge is 2.23. The van der Waals surface area contributed by atoms with Crippen LogP contribution in [0.2, 0.25) is 0 Å². The molecule has 2 unspecified atom stereocenters. The van der Waals surface area contributed by atoms with Crippen LogP contribution in [0, 0.1) is 17.3 Å². The number of rotatable bonds is 2. The van der Waals surface area contributed by atoms with Gasteiger partial charge in [0.2, 0.25) is 0 Å². The van der Waals surface area contributed by atoms with Crippen LogP contribution in [0.4, 0.5) is 4.79 Å². The number of piperidine rings is 1. The second-order valence-electron chi connectivity index (χ2n) is 6.65. The molecule has 0 aromatic heterocycles. The van der Waals surface area contributed by atoms with Crippen molar-refractivity contribution in [3.63, 3.8) is 0 Å². The van der Waals surface area contributed by atoms with Crippen LogP contribution in [-0.4, -0.2) is 30.6 Å². The highest BCUT2D eigenvalue weighted by Crippen LogP contribution is 2.24. The maximum absolute atomic E-state index is 12.0. The van der Waals surface area contributed by atoms with Gasteiger partial charge in [-0.2, -0.15) is 0 Å². The molecule has 3 nitrogen and oxygen atoms in total. The van der Waals surface area contributed by atoms with E-state index in [1.807, 2.05) is 4.90 Å². The minimum absolute atomic E-state index is 0.118. The van der Waals surface area contributed by atoms with E-state index in [1.165, 1.54) is 6.42 Å². The van der Waals surface area contributed by atoms with Crippen LogP contribution in [0.5, 0.6) is 0 Å². The lowest BCUT2D eigenvalue weighted by molar-refractivity contribution is 0.164. The summed E-state index contributed by atoms with van der Waals surface area (Å²) in [5, 5.41) is 3.07. The second-order valence-corrected chi connectivity index (χ2v) is 6.65. The third-order valence-corrected chi connectivity index (χ3v) is 3.98. The molecule has 0 aromatic rings. The number of carbonyl (C=O) groups excluding carboxylic acids is 1. The first-order chi connectivity index (χ1) is 7.80. The molecule has 1 heterocycles. The van der Waals surface area contributed by atoms with Gasteiger partial charge in [-0.25, -0.2) is 4.79 Å². The fourth-order valence-corrected chi connectivity index (χ4v) is 2.03. The Morgan fingerprint density at radius 3 is 2.65 bits per heavy atom. The average molecular weight is 240 g/mol. The number of nitrogens with zero attached hydrogens (tertiary/aromatic N) is 1. The second kappa shape index (κ2) is 5.74. The molecule has 0 spiro atoms. The van der Waals surface area contributed by atoms with Gasteiger partial charge in [-0.15, -0.1) is 0 Å². The van der Waals surface area contributed by atoms with Crippen molar-refractivity contribution in [1.82, 2.24) is 10.2 Å². The summed E-state index contributed by atoms with van der Waals surface area (Å²) < 4.78 is 0. The summed E-state index contributed by atoms with van der Waals surface area (Å²) in [6.07, 6.45) is 2.39. The molecular weight excluding hydrogens is 212 g/mol. The minimum Gasteiger partial charge on any atom is -0.338 e. The first-order valence-electron chi connectivity index (χ1n) is 6.83. The smallest absolute Gasteiger partial charge is 0.317 e. The van der Waals surface area contributed by atoms with E-state index < -0.39 is 0 Å². The van der Waals surface area contributed by atoms with E-state index in [2.05, 4.69) is 39.9 Å². The molecule has 100 valence electrons. The molecular formula is C14H28N2O. The summed E-state index contributed by atoms with van der Waals surface area (Å²) in [5.41, 5.74) is 0.252. The Morgan fingerprint density at radius 2 is 2.12 bits per heavy atom. The third kappa shape index (κ3) is 4.57. The first-order valence-corrected chi connectivity index (χ1v) is 6.83. The summed E-state index contributed by atoms with van der Waals surface area (Å²) >= 11 is 0. The number of carbonyl (C=O) groups is 1. The van der Waals surface area contributed by atoms with Crippen LogP contribution >= 0.6 is 0 Å². The molecule has 2 amide bonds. The van der Waals surface area contributed by atoms with Crippen LogP contribution < -0.4 is 5.32 Å². The van der Waals surface area contributed by atoms with Gasteiger partial charge in [-0.3, -0.25) is 0 Å². The van der Waals surface area contributed by atoms with E-state index >= 15 is 0 Å². The number of likely N-dealkylation sites (tertiary alicyclic amines) is 1. The quantitative estimate of drug-likeness (QED) is 0.790. The molecule has 2 atom stereocenters. The third-order valence-electron chi connectivity index (χ3n) is 3.98. The van der Waals surface area contributed by atoms with Gasteiger partial charge in [0.15, 0.2) is 0 Å². The Balaban J connectivity index is 2.34. The van der Waals surface area contributed by atoms with E-state index in [9.17, 15) is 4.79 Å². The molecule has 1 rings (SSSR count). The van der Waals surface area contributed by atoms with Crippen molar-refractivity contribution in [2.45, 2.75) is 47.5 Å². The standard InChI is InChI=1S/C14H28N2O/c1-11-7-6-8-16(10-11)13(17)15-9-12(2)14(3,4)5/h11-12H,6-10H2,1-5H3,(H,15,17). The SMILES string of the molecule is CC1CCCN(C(=O)NCC(C)C(C)(C)C)C1. The predicted octanol–water partition coefficient (Wildman–Crippen LogP) is 3.11. The monoisotopic (exact) mass is 240 g/mol. The van der Waals surface area contributed by atoms with E-state index in [0.717, 1.165) is 26.1 Å². The minimum atomic E-state index is 0.118. The Kier molecular flexibility index (Phi) is 4.84. The van der Waals surface area contributed by atoms with Crippen molar-refractivity contribution in [3.05, 3.63) is 0 Å². The van der Waals surface area contributed by atoms with Crippen LogP contribution in [0.25, 0.3) is 0 Å². The molecule has 1 N–H and O–H groups in total. The lowest BCUT2D eigenvalue weighted by Gasteiger charge is -2.33. The summed E-state index contributed by atoms with van der Waals surface area (Å²) in [4.78, 5) is 14.0. The van der Waals surface area contributed by atoms with Crippen LogP contribution in [0.3, 0.4) is 0 Å². The van der Waals surface area contributed by atoms with Gasteiger partial charge in [0.05, 0.1) is 0 Å². The van der Waals surface area contributed by atoms with Gasteiger partial charge in [0.1, 0.15) is 0 Å². The molecule has 0 radical (unpaired) electrons. The molecule has 0 bridgehead atoms. The van der Waals surface area contributed by atoms with Crippen molar-refractivity contribution >= 4 is 6.03 Å². The maximum atomic E-state index is 12.0. The zero-order valence-corrected chi connectivity index (χ0v) is 12.0. The Morgan fingerprint density at radius 1 is 1.47 bits per heavy atom. The number of hydrogen-bond acceptors (Lipinski definition) is 1. The van der Waals surface area contributed by atoms with Crippen molar-refractivity contribution in [1.29, 1.82) is 0 Å². The van der Waals surface area contributed by atoms with Gasteiger partial charge < -0.3 is 10.2 Å². The largest absolute Gasteiger partial charge is 0.338 e. The topological polar surface area (TPSA) is 32.3 Å². The number of hydrogen-bond donors (Lipinski definition) is 1. The maximum Gasteiger partial charge on any atom is 0.317 e. The summed E-state index contributed by atoms with van der Waals surface area (Å²) in [7, 11) is 0. The van der Waals surface area contributed by atoms with Gasteiger partial charge in [-0.1, -0.05) is 34.6 Å². The fraction of sp³-hybridized carbons (Fsp3) is 0.929. The van der Waals surface area contributed by atoms with Crippen LogP contribution in [0.15, 0.2) is 0 Å². The molecule has 0 aliphatic carbocycles. The van der Waals surface area contributed by atoms with E-state index in [1.54, 1.807) is 0 Å². The first kappa shape index (κ1) is 14.3. The van der Waals surface area contributed by atoms with Crippen LogP contribution in [0.1, 0.15) is 47.5 Å². The molecule has 1 fully saturated rings. The van der Waals surface area contributed by atoms with Gasteiger partial charge >= 0.3 is 6.03 Å². The molecule has 1 aliphatic heterocycles. The average Bonchev–Trinajstić information content (AvgIpc) is 2.24. The zero-order chi connectivity index (χ0) is 13.1. The summed E-state index contributed by atoms with van der Waals surface area (Å²) in [5.74, 6) is 1.14. The van der Waals surface area contributed by atoms with Gasteiger partial charge in [0.25, 0.3) is 0 Å². The number of urea groups is 1. The van der Waals surface area contributed by atoms with Crippen molar-refractivity contribution < 1.29 is 4.79 Å². The number of nitrogens with one attached hydrogen (secondary N) is 1. The van der Waals surface area contributed by atoms with E-state index in [4.69, 9.17) is 0 Å². The lowest BCUT2D eigenvalue weighted by atomic mass is 9.82. The normalized spacial score (nSPS) is 23.4. The molecule has 0 aromatic carbocycles. The molecule has 3 heteroatoms. The highest BCUT2D eigenvalue weighted by atomic mass is 16.2. The van der Waals surface area contributed by atoms with Crippen molar-refractivity contribution in [2.24, 2.45) is 17.3 Å². The Hall–Kier alpha value is -0.730. The van der Waals surface area contributed by atoms with Gasteiger partial charge in [-0.05, 0) is 30.1 Å². The molecule has 1 aliphatic rings. The van der Waals surface area contributed by atoms with Gasteiger partial charge in [0, 0.05) is 19.6 Å².